The molecule has 0 amide bonds. The Balaban J connectivity index is 3.01. The van der Waals surface area contributed by atoms with Gasteiger partial charge in [0, 0.05) is 4.20 Å². The molecule has 0 bridgehead atoms. The summed E-state index contributed by atoms with van der Waals surface area (Å²) >= 11 is 7.07. The van der Waals surface area contributed by atoms with E-state index in [2.05, 4.69) is 13.8 Å². The highest BCUT2D eigenvalue weighted by Gasteiger charge is 1.96. The fraction of sp³-hybridized carbons (Fsp3) is 0.917. The van der Waals surface area contributed by atoms with Crippen LogP contribution in [0.1, 0.15) is 65.2 Å². The minimum atomic E-state index is 1.13. The predicted molar refractivity (Wildman–Crippen MR) is 73.3 cm³/mol. The quantitative estimate of drug-likeness (QED) is 0.395. The van der Waals surface area contributed by atoms with Gasteiger partial charge in [-0.2, -0.15) is 0 Å². The first-order valence-electron chi connectivity index (χ1n) is 5.96. The van der Waals surface area contributed by atoms with Crippen LogP contribution in [-0.2, 0) is 0 Å². The van der Waals surface area contributed by atoms with Crippen LogP contribution in [-0.4, -0.2) is 9.95 Å². The minimum Gasteiger partial charge on any atom is -0.119 e. The lowest BCUT2D eigenvalue weighted by atomic mass is 10.1. The Bertz CT molecular complexity index is 132. The van der Waals surface area contributed by atoms with Gasteiger partial charge in [-0.05, 0) is 18.6 Å². The zero-order valence-corrected chi connectivity index (χ0v) is 11.3. The summed E-state index contributed by atoms with van der Waals surface area (Å²) in [5.74, 6) is 1.13. The fourth-order valence-electron chi connectivity index (χ4n) is 1.46. The van der Waals surface area contributed by atoms with Crippen LogP contribution in [0, 0.1) is 0 Å². The average molecular weight is 232 g/mol. The second-order valence-corrected chi connectivity index (χ2v) is 5.79. The van der Waals surface area contributed by atoms with Crippen LogP contribution < -0.4 is 0 Å². The molecule has 84 valence electrons. The molecule has 0 N–H and O–H groups in total. The standard InChI is InChI=1S/C12H24S2/c1-3-5-6-7-8-9-10-11-12(13)14-4-2/h3-11H2,1-2H3. The van der Waals surface area contributed by atoms with Gasteiger partial charge in [0.15, 0.2) is 0 Å². The van der Waals surface area contributed by atoms with Crippen molar-refractivity contribution in [2.45, 2.75) is 65.2 Å². The van der Waals surface area contributed by atoms with E-state index in [1.807, 2.05) is 11.8 Å². The van der Waals surface area contributed by atoms with E-state index in [-0.39, 0.29) is 0 Å². The third kappa shape index (κ3) is 10.5. The van der Waals surface area contributed by atoms with E-state index < -0.39 is 0 Å². The van der Waals surface area contributed by atoms with Gasteiger partial charge >= 0.3 is 0 Å². The van der Waals surface area contributed by atoms with Gasteiger partial charge in [0.1, 0.15) is 0 Å². The van der Waals surface area contributed by atoms with E-state index in [0.29, 0.717) is 0 Å². The molecule has 0 aliphatic heterocycles. The number of hydrogen-bond donors (Lipinski definition) is 0. The number of thioether (sulfide) groups is 1. The molecule has 0 heterocycles. The Morgan fingerprint density at radius 1 is 0.929 bits per heavy atom. The number of rotatable bonds is 9. The smallest absolute Gasteiger partial charge is 0.0478 e. The Kier molecular flexibility index (Phi) is 11.9. The van der Waals surface area contributed by atoms with Gasteiger partial charge in [-0.1, -0.05) is 64.6 Å². The summed E-state index contributed by atoms with van der Waals surface area (Å²) in [5, 5.41) is 0. The molecule has 0 rings (SSSR count). The maximum absolute atomic E-state index is 5.24. The van der Waals surface area contributed by atoms with Crippen molar-refractivity contribution in [3.63, 3.8) is 0 Å². The summed E-state index contributed by atoms with van der Waals surface area (Å²) in [6, 6.07) is 0. The molecule has 0 aromatic carbocycles. The van der Waals surface area contributed by atoms with E-state index in [9.17, 15) is 0 Å². The third-order valence-electron chi connectivity index (χ3n) is 2.29. The van der Waals surface area contributed by atoms with Gasteiger partial charge in [0.05, 0.1) is 0 Å². The molecule has 0 saturated carbocycles. The molecule has 0 saturated heterocycles. The normalized spacial score (nSPS) is 10.4. The minimum absolute atomic E-state index is 1.13. The van der Waals surface area contributed by atoms with Crippen molar-refractivity contribution in [2.75, 3.05) is 5.75 Å². The van der Waals surface area contributed by atoms with E-state index in [1.54, 1.807) is 0 Å². The number of unbranched alkanes of at least 4 members (excludes halogenated alkanes) is 6. The maximum Gasteiger partial charge on any atom is 0.0478 e. The highest BCUT2D eigenvalue weighted by atomic mass is 32.2. The molecule has 0 aromatic rings. The lowest BCUT2D eigenvalue weighted by molar-refractivity contribution is 0.596. The molecule has 0 atom stereocenters. The summed E-state index contributed by atoms with van der Waals surface area (Å²) in [6.07, 6.45) is 10.8. The molecule has 0 spiro atoms. The summed E-state index contributed by atoms with van der Waals surface area (Å²) < 4.78 is 1.21. The average Bonchev–Trinajstić information content (AvgIpc) is 2.17. The molecule has 0 radical (unpaired) electrons. The Morgan fingerprint density at radius 2 is 1.50 bits per heavy atom. The van der Waals surface area contributed by atoms with Crippen LogP contribution >= 0.6 is 24.0 Å². The predicted octanol–water partition coefficient (Wildman–Crippen LogP) is 5.21. The van der Waals surface area contributed by atoms with Gasteiger partial charge < -0.3 is 0 Å². The molecule has 0 aliphatic rings. The molecule has 0 fully saturated rings. The van der Waals surface area contributed by atoms with Gasteiger partial charge in [0.2, 0.25) is 0 Å². The van der Waals surface area contributed by atoms with Crippen LogP contribution in [0.2, 0.25) is 0 Å². The van der Waals surface area contributed by atoms with Crippen LogP contribution in [0.15, 0.2) is 0 Å². The lowest BCUT2D eigenvalue weighted by Crippen LogP contribution is -1.89. The number of hydrogen-bond acceptors (Lipinski definition) is 2. The maximum atomic E-state index is 5.24. The van der Waals surface area contributed by atoms with E-state index in [1.165, 1.54) is 49.1 Å². The number of thiocarbonyl (C=S) groups is 1. The fourth-order valence-corrected chi connectivity index (χ4v) is 2.57. The Hall–Kier alpha value is 0.440. The SMILES string of the molecule is CCCCCCCCCC(=S)SCC. The molecule has 0 nitrogen and oxygen atoms in total. The highest BCUT2D eigenvalue weighted by molar-refractivity contribution is 8.23. The highest BCUT2D eigenvalue weighted by Crippen LogP contribution is 2.13. The van der Waals surface area contributed by atoms with Crippen molar-refractivity contribution >= 4 is 28.2 Å². The molecular formula is C12H24S2. The van der Waals surface area contributed by atoms with Crippen molar-refractivity contribution < 1.29 is 0 Å². The van der Waals surface area contributed by atoms with E-state index >= 15 is 0 Å². The van der Waals surface area contributed by atoms with Gasteiger partial charge in [-0.15, -0.1) is 11.8 Å². The first kappa shape index (κ1) is 14.4. The van der Waals surface area contributed by atoms with Gasteiger partial charge in [0.25, 0.3) is 0 Å². The Labute approximate surface area is 99.2 Å². The monoisotopic (exact) mass is 232 g/mol. The van der Waals surface area contributed by atoms with Crippen molar-refractivity contribution in [3.05, 3.63) is 0 Å². The van der Waals surface area contributed by atoms with Crippen LogP contribution in [0.25, 0.3) is 0 Å². The summed E-state index contributed by atoms with van der Waals surface area (Å²) in [4.78, 5) is 0. The van der Waals surface area contributed by atoms with Crippen LogP contribution in [0.3, 0.4) is 0 Å². The summed E-state index contributed by atoms with van der Waals surface area (Å²) in [5.41, 5.74) is 0. The summed E-state index contributed by atoms with van der Waals surface area (Å²) in [7, 11) is 0. The zero-order valence-electron chi connectivity index (χ0n) is 9.68. The first-order chi connectivity index (χ1) is 6.81. The van der Waals surface area contributed by atoms with Crippen molar-refractivity contribution in [1.82, 2.24) is 0 Å². The third-order valence-corrected chi connectivity index (χ3v) is 3.66. The first-order valence-corrected chi connectivity index (χ1v) is 7.36. The summed E-state index contributed by atoms with van der Waals surface area (Å²) in [6.45, 7) is 4.43. The topological polar surface area (TPSA) is 0 Å². The van der Waals surface area contributed by atoms with Crippen LogP contribution in [0.4, 0.5) is 0 Å². The molecular weight excluding hydrogens is 208 g/mol. The van der Waals surface area contributed by atoms with E-state index in [0.717, 1.165) is 12.2 Å². The zero-order chi connectivity index (χ0) is 10.6. The van der Waals surface area contributed by atoms with Crippen molar-refractivity contribution in [2.24, 2.45) is 0 Å². The molecule has 0 aromatic heterocycles. The molecule has 0 unspecified atom stereocenters. The van der Waals surface area contributed by atoms with Gasteiger partial charge in [-0.3, -0.25) is 0 Å². The second-order valence-electron chi connectivity index (χ2n) is 3.68. The van der Waals surface area contributed by atoms with Gasteiger partial charge in [-0.25, -0.2) is 0 Å². The van der Waals surface area contributed by atoms with Crippen LogP contribution in [0.5, 0.6) is 0 Å². The molecule has 2 heteroatoms. The lowest BCUT2D eigenvalue weighted by Gasteiger charge is -2.02. The Morgan fingerprint density at radius 3 is 2.07 bits per heavy atom. The second kappa shape index (κ2) is 11.5. The largest absolute Gasteiger partial charge is 0.119 e. The van der Waals surface area contributed by atoms with Crippen molar-refractivity contribution in [1.29, 1.82) is 0 Å². The molecule has 14 heavy (non-hydrogen) atoms. The molecule has 0 aliphatic carbocycles. The van der Waals surface area contributed by atoms with Crippen molar-refractivity contribution in [3.8, 4) is 0 Å². The van der Waals surface area contributed by atoms with E-state index in [4.69, 9.17) is 12.2 Å².